The molecule has 1 aliphatic heterocycles. The van der Waals surface area contributed by atoms with Crippen LogP contribution in [-0.4, -0.2) is 43.1 Å². The minimum Gasteiger partial charge on any atom is -0.507 e. The summed E-state index contributed by atoms with van der Waals surface area (Å²) in [7, 11) is 1.54. The number of anilines is 1. The van der Waals surface area contributed by atoms with Crippen LogP contribution in [0.4, 0.5) is 5.69 Å². The summed E-state index contributed by atoms with van der Waals surface area (Å²) in [4.78, 5) is 40.4. The molecule has 0 radical (unpaired) electrons. The van der Waals surface area contributed by atoms with Gasteiger partial charge < -0.3 is 19.3 Å². The molecule has 8 nitrogen and oxygen atoms in total. The number of aliphatic hydroxyl groups is 1. The smallest absolute Gasteiger partial charge is 0.338 e. The molecule has 190 valence electrons. The second-order valence-corrected chi connectivity index (χ2v) is 8.17. The van der Waals surface area contributed by atoms with Gasteiger partial charge in [0, 0.05) is 11.3 Å². The number of nitrogens with zero attached hydrogens (tertiary/aromatic N) is 1. The highest BCUT2D eigenvalue weighted by Gasteiger charge is 2.47. The van der Waals surface area contributed by atoms with Crippen LogP contribution >= 0.6 is 0 Å². The fraction of sp³-hybridized carbons (Fsp3) is 0.207. The first kappa shape index (κ1) is 25.5. The predicted molar refractivity (Wildman–Crippen MR) is 138 cm³/mol. The van der Waals surface area contributed by atoms with Crippen molar-refractivity contribution in [2.75, 3.05) is 25.2 Å². The van der Waals surface area contributed by atoms with Gasteiger partial charge in [0.2, 0.25) is 0 Å². The third-order valence-electron chi connectivity index (χ3n) is 5.95. The second-order valence-electron chi connectivity index (χ2n) is 8.17. The molecule has 0 bridgehead atoms. The number of amides is 1. The Hall–Kier alpha value is -4.59. The first-order chi connectivity index (χ1) is 17.9. The molecule has 37 heavy (non-hydrogen) atoms. The van der Waals surface area contributed by atoms with E-state index in [9.17, 15) is 19.5 Å². The van der Waals surface area contributed by atoms with E-state index < -0.39 is 23.7 Å². The van der Waals surface area contributed by atoms with Gasteiger partial charge in [0.15, 0.2) is 0 Å². The number of ether oxygens (including phenoxy) is 3. The number of carbonyl (C=O) groups excluding carboxylic acids is 3. The zero-order valence-electron chi connectivity index (χ0n) is 20.8. The number of esters is 1. The molecule has 0 aliphatic carbocycles. The van der Waals surface area contributed by atoms with Crippen LogP contribution in [-0.2, 0) is 14.3 Å². The van der Waals surface area contributed by atoms with Crippen LogP contribution in [0.1, 0.15) is 41.4 Å². The molecule has 3 aromatic rings. The Morgan fingerprint density at radius 2 is 1.57 bits per heavy atom. The van der Waals surface area contributed by atoms with Gasteiger partial charge in [0.25, 0.3) is 11.7 Å². The van der Waals surface area contributed by atoms with E-state index in [0.29, 0.717) is 34.9 Å². The van der Waals surface area contributed by atoms with Gasteiger partial charge in [-0.1, -0.05) is 18.2 Å². The fourth-order valence-electron chi connectivity index (χ4n) is 4.23. The summed E-state index contributed by atoms with van der Waals surface area (Å²) in [5.41, 5.74) is 1.43. The lowest BCUT2D eigenvalue weighted by Crippen LogP contribution is -2.29. The van der Waals surface area contributed by atoms with E-state index in [1.807, 2.05) is 6.92 Å². The number of aliphatic hydroxyl groups excluding tert-OH is 1. The molecule has 0 saturated carbocycles. The third kappa shape index (κ3) is 5.04. The normalized spacial score (nSPS) is 16.5. The molecule has 3 aromatic carbocycles. The monoisotopic (exact) mass is 501 g/mol. The molecule has 1 amide bonds. The number of benzene rings is 3. The standard InChI is InChI=1S/C29H27NO7/c1-4-36-23-15-11-19(12-16-23)26(31)24-25(18-9-13-22(35-3)14-10-18)30(28(33)27(24)32)21-8-6-7-20(17-21)29(34)37-5-2/h6-17,25,31H,4-5H2,1-3H3/b26-24+. The summed E-state index contributed by atoms with van der Waals surface area (Å²) >= 11 is 0. The Bertz CT molecular complexity index is 1340. The van der Waals surface area contributed by atoms with Gasteiger partial charge in [-0.25, -0.2) is 4.79 Å². The van der Waals surface area contributed by atoms with Crippen molar-refractivity contribution in [3.63, 3.8) is 0 Å². The quantitative estimate of drug-likeness (QED) is 0.203. The van der Waals surface area contributed by atoms with Crippen LogP contribution < -0.4 is 14.4 Å². The number of rotatable bonds is 8. The Morgan fingerprint density at radius 1 is 0.892 bits per heavy atom. The van der Waals surface area contributed by atoms with E-state index in [4.69, 9.17) is 14.2 Å². The van der Waals surface area contributed by atoms with Gasteiger partial charge >= 0.3 is 5.97 Å². The van der Waals surface area contributed by atoms with Gasteiger partial charge in [-0.05, 0) is 74.0 Å². The first-order valence-corrected chi connectivity index (χ1v) is 11.8. The fourth-order valence-corrected chi connectivity index (χ4v) is 4.23. The highest BCUT2D eigenvalue weighted by atomic mass is 16.5. The third-order valence-corrected chi connectivity index (χ3v) is 5.95. The predicted octanol–water partition coefficient (Wildman–Crippen LogP) is 4.90. The zero-order valence-corrected chi connectivity index (χ0v) is 20.8. The largest absolute Gasteiger partial charge is 0.507 e. The molecule has 1 unspecified atom stereocenters. The van der Waals surface area contributed by atoms with Crippen LogP contribution in [0.15, 0.2) is 78.4 Å². The van der Waals surface area contributed by atoms with Crippen molar-refractivity contribution < 1.29 is 33.7 Å². The molecule has 1 N–H and O–H groups in total. The summed E-state index contributed by atoms with van der Waals surface area (Å²) in [6, 6.07) is 18.8. The molecule has 1 saturated heterocycles. The molecule has 4 rings (SSSR count). The lowest BCUT2D eigenvalue weighted by molar-refractivity contribution is -0.132. The van der Waals surface area contributed by atoms with Crippen molar-refractivity contribution in [1.82, 2.24) is 0 Å². The molecule has 8 heteroatoms. The Labute approximate surface area is 214 Å². The van der Waals surface area contributed by atoms with E-state index in [2.05, 4.69) is 0 Å². The van der Waals surface area contributed by atoms with Crippen molar-refractivity contribution >= 4 is 29.1 Å². The van der Waals surface area contributed by atoms with E-state index >= 15 is 0 Å². The van der Waals surface area contributed by atoms with Crippen LogP contribution in [0.25, 0.3) is 5.76 Å². The van der Waals surface area contributed by atoms with E-state index in [-0.39, 0.29) is 23.5 Å². The molecule has 1 fully saturated rings. The first-order valence-electron chi connectivity index (χ1n) is 11.8. The average Bonchev–Trinajstić information content (AvgIpc) is 3.19. The highest BCUT2D eigenvalue weighted by molar-refractivity contribution is 6.51. The van der Waals surface area contributed by atoms with Gasteiger partial charge in [-0.15, -0.1) is 0 Å². The summed E-state index contributed by atoms with van der Waals surface area (Å²) in [6.07, 6.45) is 0. The summed E-state index contributed by atoms with van der Waals surface area (Å²) < 4.78 is 15.8. The highest BCUT2D eigenvalue weighted by Crippen LogP contribution is 2.42. The van der Waals surface area contributed by atoms with Crippen LogP contribution in [0.3, 0.4) is 0 Å². The Balaban J connectivity index is 1.87. The molecular formula is C29H27NO7. The topological polar surface area (TPSA) is 102 Å². The second kappa shape index (κ2) is 11.0. The van der Waals surface area contributed by atoms with Crippen LogP contribution in [0.2, 0.25) is 0 Å². The van der Waals surface area contributed by atoms with Crippen molar-refractivity contribution in [3.05, 3.63) is 95.1 Å². The van der Waals surface area contributed by atoms with Crippen molar-refractivity contribution in [2.24, 2.45) is 0 Å². The van der Waals surface area contributed by atoms with E-state index in [0.717, 1.165) is 0 Å². The summed E-state index contributed by atoms with van der Waals surface area (Å²) in [6.45, 7) is 4.24. The Morgan fingerprint density at radius 3 is 2.19 bits per heavy atom. The van der Waals surface area contributed by atoms with E-state index in [1.54, 1.807) is 73.7 Å². The number of methoxy groups -OCH3 is 1. The van der Waals surface area contributed by atoms with Crippen LogP contribution in [0.5, 0.6) is 11.5 Å². The Kier molecular flexibility index (Phi) is 7.57. The summed E-state index contributed by atoms with van der Waals surface area (Å²) in [5.74, 6) is -1.32. The zero-order chi connectivity index (χ0) is 26.5. The summed E-state index contributed by atoms with van der Waals surface area (Å²) in [5, 5.41) is 11.3. The van der Waals surface area contributed by atoms with Crippen LogP contribution in [0, 0.1) is 0 Å². The molecule has 1 atom stereocenters. The number of hydrogen-bond acceptors (Lipinski definition) is 7. The number of ketones is 1. The molecule has 1 heterocycles. The van der Waals surface area contributed by atoms with Crippen molar-refractivity contribution in [1.29, 1.82) is 0 Å². The maximum atomic E-state index is 13.4. The number of hydrogen-bond donors (Lipinski definition) is 1. The molecule has 0 spiro atoms. The van der Waals surface area contributed by atoms with E-state index in [1.165, 1.54) is 18.1 Å². The minimum atomic E-state index is -0.949. The molecular weight excluding hydrogens is 474 g/mol. The molecule has 0 aromatic heterocycles. The lowest BCUT2D eigenvalue weighted by Gasteiger charge is -2.26. The van der Waals surface area contributed by atoms with Gasteiger partial charge in [-0.3, -0.25) is 14.5 Å². The maximum Gasteiger partial charge on any atom is 0.338 e. The van der Waals surface area contributed by atoms with Gasteiger partial charge in [0.1, 0.15) is 17.3 Å². The number of carbonyl (C=O) groups is 3. The van der Waals surface area contributed by atoms with Gasteiger partial charge in [0.05, 0.1) is 37.5 Å². The van der Waals surface area contributed by atoms with Crippen molar-refractivity contribution in [2.45, 2.75) is 19.9 Å². The SMILES string of the molecule is CCOC(=O)c1cccc(N2C(=O)C(=O)/C(=C(/O)c3ccc(OCC)cc3)C2c2ccc(OC)cc2)c1. The van der Waals surface area contributed by atoms with Gasteiger partial charge in [-0.2, -0.15) is 0 Å². The maximum absolute atomic E-state index is 13.4. The number of Topliss-reactive ketones (excluding diaryl/α,β-unsaturated/α-hetero) is 1. The minimum absolute atomic E-state index is 0.0686. The average molecular weight is 502 g/mol. The molecule has 1 aliphatic rings. The lowest BCUT2D eigenvalue weighted by atomic mass is 9.95. The van der Waals surface area contributed by atoms with Crippen molar-refractivity contribution in [3.8, 4) is 11.5 Å².